The topological polar surface area (TPSA) is 65.5 Å². The zero-order valence-electron chi connectivity index (χ0n) is 16.6. The molecule has 3 rings (SSSR count). The third-order valence-electron chi connectivity index (χ3n) is 5.72. The molecule has 0 unspecified atom stereocenters. The number of benzene rings is 1. The minimum Gasteiger partial charge on any atom is -0.356 e. The summed E-state index contributed by atoms with van der Waals surface area (Å²) in [7, 11) is 1.72. The zero-order valence-corrected chi connectivity index (χ0v) is 18.9. The van der Waals surface area contributed by atoms with Gasteiger partial charge in [0.1, 0.15) is 5.82 Å². The number of nitrogens with one attached hydrogen (secondary N) is 3. The lowest BCUT2D eigenvalue weighted by Crippen LogP contribution is -2.43. The van der Waals surface area contributed by atoms with Crippen LogP contribution in [0.2, 0.25) is 0 Å². The molecule has 0 atom stereocenters. The van der Waals surface area contributed by atoms with Crippen LogP contribution in [0.15, 0.2) is 29.3 Å². The lowest BCUT2D eigenvalue weighted by molar-refractivity contribution is -0.121. The predicted molar refractivity (Wildman–Crippen MR) is 122 cm³/mol. The molecule has 0 saturated heterocycles. The standard InChI is InChI=1S/C21H31FN4O.HI/c1-23-20(24-13-10-19(27)26-18-8-3-2-4-9-18)25-15-21(11-12-21)16-6-5-7-17(22)14-16;/h5-7,14,18H,2-4,8-13,15H2,1H3,(H,26,27)(H2,23,24,25);1H. The van der Waals surface area contributed by atoms with Gasteiger partial charge in [-0.05, 0) is 43.4 Å². The summed E-state index contributed by atoms with van der Waals surface area (Å²) in [5, 5.41) is 9.66. The van der Waals surface area contributed by atoms with Crippen molar-refractivity contribution in [3.8, 4) is 0 Å². The summed E-state index contributed by atoms with van der Waals surface area (Å²) in [5.74, 6) is 0.594. The molecule has 2 aliphatic rings. The Bertz CT molecular complexity index is 672. The summed E-state index contributed by atoms with van der Waals surface area (Å²) in [6.07, 6.45) is 8.45. The van der Waals surface area contributed by atoms with Gasteiger partial charge in [-0.2, -0.15) is 0 Å². The first-order chi connectivity index (χ1) is 13.1. The first-order valence-electron chi connectivity index (χ1n) is 10.1. The summed E-state index contributed by atoms with van der Waals surface area (Å²) < 4.78 is 13.5. The van der Waals surface area contributed by atoms with Gasteiger partial charge in [0.05, 0.1) is 0 Å². The van der Waals surface area contributed by atoms with Gasteiger partial charge < -0.3 is 16.0 Å². The van der Waals surface area contributed by atoms with Crippen LogP contribution in [0.5, 0.6) is 0 Å². The third-order valence-corrected chi connectivity index (χ3v) is 5.72. The van der Waals surface area contributed by atoms with Gasteiger partial charge in [-0.3, -0.25) is 9.79 Å². The van der Waals surface area contributed by atoms with Crippen molar-refractivity contribution in [3.05, 3.63) is 35.6 Å². The molecule has 1 amide bonds. The molecule has 0 aromatic heterocycles. The van der Waals surface area contributed by atoms with Crippen molar-refractivity contribution >= 4 is 35.8 Å². The van der Waals surface area contributed by atoms with Crippen LogP contribution in [-0.2, 0) is 10.2 Å². The van der Waals surface area contributed by atoms with Crippen LogP contribution in [-0.4, -0.2) is 38.0 Å². The molecular formula is C21H32FIN4O. The number of nitrogens with zero attached hydrogens (tertiary/aromatic N) is 1. The lowest BCUT2D eigenvalue weighted by atomic mass is 9.95. The van der Waals surface area contributed by atoms with E-state index in [1.54, 1.807) is 19.2 Å². The van der Waals surface area contributed by atoms with E-state index in [1.807, 2.05) is 6.07 Å². The fourth-order valence-electron chi connectivity index (χ4n) is 3.85. The van der Waals surface area contributed by atoms with Crippen molar-refractivity contribution in [2.45, 2.75) is 62.8 Å². The van der Waals surface area contributed by atoms with Crippen molar-refractivity contribution < 1.29 is 9.18 Å². The highest BCUT2D eigenvalue weighted by Gasteiger charge is 2.44. The van der Waals surface area contributed by atoms with Crippen molar-refractivity contribution in [1.82, 2.24) is 16.0 Å². The molecule has 3 N–H and O–H groups in total. The smallest absolute Gasteiger partial charge is 0.221 e. The van der Waals surface area contributed by atoms with Gasteiger partial charge in [-0.15, -0.1) is 24.0 Å². The average molecular weight is 502 g/mol. The second-order valence-corrected chi connectivity index (χ2v) is 7.80. The van der Waals surface area contributed by atoms with Gasteiger partial charge in [0.2, 0.25) is 5.91 Å². The van der Waals surface area contributed by atoms with Crippen molar-refractivity contribution in [3.63, 3.8) is 0 Å². The van der Waals surface area contributed by atoms with E-state index in [-0.39, 0.29) is 41.1 Å². The SMILES string of the molecule is CN=C(NCCC(=O)NC1CCCCC1)NCC1(c2cccc(F)c2)CC1.I. The highest BCUT2D eigenvalue weighted by atomic mass is 127. The van der Waals surface area contributed by atoms with Gasteiger partial charge in [0.15, 0.2) is 5.96 Å². The molecule has 156 valence electrons. The summed E-state index contributed by atoms with van der Waals surface area (Å²) in [5.41, 5.74) is 1.04. The van der Waals surface area contributed by atoms with Crippen LogP contribution in [0, 0.1) is 5.82 Å². The molecule has 5 nitrogen and oxygen atoms in total. The number of guanidine groups is 1. The number of carbonyl (C=O) groups excluding carboxylic acids is 1. The molecule has 0 aliphatic heterocycles. The molecule has 2 saturated carbocycles. The molecule has 2 aliphatic carbocycles. The number of rotatable bonds is 7. The Morgan fingerprint density at radius 1 is 1.21 bits per heavy atom. The number of aliphatic imine (C=N–C) groups is 1. The number of amides is 1. The molecule has 1 aromatic carbocycles. The Kier molecular flexibility index (Phi) is 8.98. The highest BCUT2D eigenvalue weighted by molar-refractivity contribution is 14.0. The van der Waals surface area contributed by atoms with Gasteiger partial charge in [-0.25, -0.2) is 4.39 Å². The molecule has 7 heteroatoms. The van der Waals surface area contributed by atoms with Gasteiger partial charge >= 0.3 is 0 Å². The highest BCUT2D eigenvalue weighted by Crippen LogP contribution is 2.47. The summed E-state index contributed by atoms with van der Waals surface area (Å²) in [6.45, 7) is 1.26. The largest absolute Gasteiger partial charge is 0.356 e. The number of hydrogen-bond donors (Lipinski definition) is 3. The van der Waals surface area contributed by atoms with E-state index in [1.165, 1.54) is 25.3 Å². The fourth-order valence-corrected chi connectivity index (χ4v) is 3.85. The van der Waals surface area contributed by atoms with E-state index in [9.17, 15) is 9.18 Å². The van der Waals surface area contributed by atoms with E-state index >= 15 is 0 Å². The molecule has 0 heterocycles. The first-order valence-corrected chi connectivity index (χ1v) is 10.1. The fraction of sp³-hybridized carbons (Fsp3) is 0.619. The lowest BCUT2D eigenvalue weighted by Gasteiger charge is -2.23. The monoisotopic (exact) mass is 502 g/mol. The molecule has 0 bridgehead atoms. The number of carbonyl (C=O) groups is 1. The zero-order chi connectivity index (χ0) is 19.1. The quantitative estimate of drug-likeness (QED) is 0.304. The maximum Gasteiger partial charge on any atom is 0.221 e. The Morgan fingerprint density at radius 2 is 1.96 bits per heavy atom. The Hall–Kier alpha value is -1.38. The van der Waals surface area contributed by atoms with Crippen LogP contribution in [0.3, 0.4) is 0 Å². The third kappa shape index (κ3) is 6.60. The van der Waals surface area contributed by atoms with Gasteiger partial charge in [0.25, 0.3) is 0 Å². The molecule has 0 radical (unpaired) electrons. The van der Waals surface area contributed by atoms with Crippen LogP contribution in [0.4, 0.5) is 4.39 Å². The molecular weight excluding hydrogens is 470 g/mol. The van der Waals surface area contributed by atoms with E-state index in [0.717, 1.165) is 31.2 Å². The number of halogens is 2. The van der Waals surface area contributed by atoms with E-state index in [4.69, 9.17) is 0 Å². The Labute approximate surface area is 184 Å². The number of hydrogen-bond acceptors (Lipinski definition) is 2. The Morgan fingerprint density at radius 3 is 2.61 bits per heavy atom. The normalized spacial score (nSPS) is 18.7. The second kappa shape index (κ2) is 11.0. The van der Waals surface area contributed by atoms with Crippen LogP contribution >= 0.6 is 24.0 Å². The second-order valence-electron chi connectivity index (χ2n) is 7.80. The van der Waals surface area contributed by atoms with Crippen molar-refractivity contribution in [2.24, 2.45) is 4.99 Å². The van der Waals surface area contributed by atoms with Crippen LogP contribution in [0.1, 0.15) is 56.9 Å². The molecule has 1 aromatic rings. The van der Waals surface area contributed by atoms with Crippen molar-refractivity contribution in [1.29, 1.82) is 0 Å². The summed E-state index contributed by atoms with van der Waals surface area (Å²) >= 11 is 0. The summed E-state index contributed by atoms with van der Waals surface area (Å²) in [6, 6.07) is 7.21. The average Bonchev–Trinajstić information content (AvgIpc) is 3.46. The van der Waals surface area contributed by atoms with Crippen molar-refractivity contribution in [2.75, 3.05) is 20.1 Å². The molecule has 28 heavy (non-hydrogen) atoms. The maximum absolute atomic E-state index is 13.5. The molecule has 0 spiro atoms. The van der Waals surface area contributed by atoms with Crippen LogP contribution < -0.4 is 16.0 Å². The predicted octanol–water partition coefficient (Wildman–Crippen LogP) is 3.48. The Balaban J connectivity index is 0.00000280. The van der Waals surface area contributed by atoms with E-state index < -0.39 is 0 Å². The minimum absolute atomic E-state index is 0. The maximum atomic E-state index is 13.5. The van der Waals surface area contributed by atoms with Gasteiger partial charge in [-0.1, -0.05) is 31.4 Å². The van der Waals surface area contributed by atoms with E-state index in [2.05, 4.69) is 20.9 Å². The van der Waals surface area contributed by atoms with Crippen LogP contribution in [0.25, 0.3) is 0 Å². The summed E-state index contributed by atoms with van der Waals surface area (Å²) in [4.78, 5) is 16.3. The minimum atomic E-state index is -0.190. The molecule has 2 fully saturated rings. The first kappa shape index (κ1) is 22.9. The van der Waals surface area contributed by atoms with E-state index in [0.29, 0.717) is 31.5 Å². The van der Waals surface area contributed by atoms with Gasteiger partial charge in [0, 0.05) is 38.0 Å².